The zero-order chi connectivity index (χ0) is 14.1. The van der Waals surface area contributed by atoms with Crippen LogP contribution in [0.25, 0.3) is 16.8 Å². The van der Waals surface area contributed by atoms with Gasteiger partial charge in [-0.25, -0.2) is 4.52 Å². The monoisotopic (exact) mass is 268 g/mol. The summed E-state index contributed by atoms with van der Waals surface area (Å²) in [5, 5.41) is 16.2. The molecule has 2 aromatic heterocycles. The zero-order valence-corrected chi connectivity index (χ0v) is 10.7. The minimum absolute atomic E-state index is 0.208. The second-order valence-corrected chi connectivity index (χ2v) is 4.39. The van der Waals surface area contributed by atoms with Crippen LogP contribution in [0.5, 0.6) is 5.75 Å². The number of nitrogens with zero attached hydrogens (tertiary/aromatic N) is 3. The van der Waals surface area contributed by atoms with Gasteiger partial charge in [0.05, 0.1) is 0 Å². The first-order chi connectivity index (χ1) is 9.61. The lowest BCUT2D eigenvalue weighted by atomic mass is 10.1. The van der Waals surface area contributed by atoms with Gasteiger partial charge < -0.3 is 5.11 Å². The van der Waals surface area contributed by atoms with Crippen LogP contribution < -0.4 is 5.32 Å². The van der Waals surface area contributed by atoms with Gasteiger partial charge in [0, 0.05) is 18.7 Å². The van der Waals surface area contributed by atoms with Crippen LogP contribution in [0.4, 0.5) is 5.95 Å². The van der Waals surface area contributed by atoms with Gasteiger partial charge in [-0.15, -0.1) is 5.10 Å². The van der Waals surface area contributed by atoms with Crippen LogP contribution >= 0.6 is 0 Å². The molecule has 0 atom stereocenters. The second kappa shape index (κ2) is 4.65. The fraction of sp³-hybridized carbons (Fsp3) is 0.0714. The number of pyridine rings is 1. The number of benzene rings is 1. The zero-order valence-electron chi connectivity index (χ0n) is 10.7. The maximum Gasteiger partial charge on any atom is 0.249 e. The van der Waals surface area contributed by atoms with Gasteiger partial charge in [-0.2, -0.15) is 4.98 Å². The van der Waals surface area contributed by atoms with E-state index in [1.54, 1.807) is 35.0 Å². The van der Waals surface area contributed by atoms with Gasteiger partial charge in [0.15, 0.2) is 5.65 Å². The maximum absolute atomic E-state index is 11.0. The van der Waals surface area contributed by atoms with Crippen molar-refractivity contribution in [2.24, 2.45) is 0 Å². The van der Waals surface area contributed by atoms with Gasteiger partial charge in [-0.3, -0.25) is 10.1 Å². The van der Waals surface area contributed by atoms with Crippen molar-refractivity contribution in [2.45, 2.75) is 6.92 Å². The van der Waals surface area contributed by atoms with Gasteiger partial charge in [-0.1, -0.05) is 12.1 Å². The Hall–Kier alpha value is -2.89. The number of phenolic OH excluding ortho intramolecular Hbond substituents is 1. The number of carbonyl (C=O) groups excluding carboxylic acids is 1. The fourth-order valence-corrected chi connectivity index (χ4v) is 1.95. The van der Waals surface area contributed by atoms with E-state index in [4.69, 9.17) is 0 Å². The Morgan fingerprint density at radius 2 is 2.10 bits per heavy atom. The molecule has 2 N–H and O–H groups in total. The summed E-state index contributed by atoms with van der Waals surface area (Å²) in [7, 11) is 0. The third kappa shape index (κ3) is 2.31. The Morgan fingerprint density at radius 1 is 1.25 bits per heavy atom. The summed E-state index contributed by atoms with van der Waals surface area (Å²) in [6.07, 6.45) is 1.79. The Balaban J connectivity index is 2.04. The minimum atomic E-state index is -0.214. The summed E-state index contributed by atoms with van der Waals surface area (Å²) in [4.78, 5) is 15.2. The molecular weight excluding hydrogens is 256 g/mol. The number of amides is 1. The first-order valence-corrected chi connectivity index (χ1v) is 6.05. The Labute approximate surface area is 114 Å². The molecule has 2 heterocycles. The Morgan fingerprint density at radius 3 is 2.85 bits per heavy atom. The molecule has 100 valence electrons. The van der Waals surface area contributed by atoms with Crippen LogP contribution in [0.15, 0.2) is 42.6 Å². The number of aromatic hydroxyl groups is 1. The number of aromatic nitrogens is 3. The maximum atomic E-state index is 11.0. The number of hydrogen-bond acceptors (Lipinski definition) is 4. The summed E-state index contributed by atoms with van der Waals surface area (Å²) in [6.45, 7) is 1.41. The SMILES string of the molecule is CC(=O)Nc1nc2ccc(-c3cccc(O)c3)cn2n1. The molecule has 1 amide bonds. The molecule has 0 fully saturated rings. The predicted molar refractivity (Wildman–Crippen MR) is 74.4 cm³/mol. The average molecular weight is 268 g/mol. The van der Waals surface area contributed by atoms with E-state index in [2.05, 4.69) is 15.4 Å². The fourth-order valence-electron chi connectivity index (χ4n) is 1.95. The largest absolute Gasteiger partial charge is 0.508 e. The molecule has 0 aliphatic rings. The second-order valence-electron chi connectivity index (χ2n) is 4.39. The number of anilines is 1. The van der Waals surface area contributed by atoms with Crippen molar-refractivity contribution in [3.05, 3.63) is 42.6 Å². The van der Waals surface area contributed by atoms with Crippen molar-refractivity contribution >= 4 is 17.5 Å². The van der Waals surface area contributed by atoms with Crippen molar-refractivity contribution < 1.29 is 9.90 Å². The number of nitrogens with one attached hydrogen (secondary N) is 1. The third-order valence-electron chi connectivity index (χ3n) is 2.80. The number of rotatable bonds is 2. The number of hydrogen-bond donors (Lipinski definition) is 2. The van der Waals surface area contributed by atoms with E-state index in [9.17, 15) is 9.90 Å². The van der Waals surface area contributed by atoms with Crippen molar-refractivity contribution in [1.29, 1.82) is 0 Å². The Kier molecular flexibility index (Phi) is 2.83. The van der Waals surface area contributed by atoms with Crippen LogP contribution in [-0.4, -0.2) is 25.6 Å². The molecule has 1 aromatic carbocycles. The first kappa shape index (κ1) is 12.2. The van der Waals surface area contributed by atoms with Gasteiger partial charge in [-0.05, 0) is 29.8 Å². The van der Waals surface area contributed by atoms with E-state index >= 15 is 0 Å². The first-order valence-electron chi connectivity index (χ1n) is 6.05. The van der Waals surface area contributed by atoms with E-state index in [1.807, 2.05) is 12.1 Å². The van der Waals surface area contributed by atoms with Crippen LogP contribution in [0.2, 0.25) is 0 Å². The molecule has 0 aliphatic carbocycles. The highest BCUT2D eigenvalue weighted by molar-refractivity contribution is 5.86. The summed E-state index contributed by atoms with van der Waals surface area (Å²) in [5.74, 6) is 0.264. The van der Waals surface area contributed by atoms with Gasteiger partial charge in [0.25, 0.3) is 0 Å². The molecular formula is C14H12N4O2. The number of phenols is 1. The summed E-state index contributed by atoms with van der Waals surface area (Å²) in [6, 6.07) is 10.7. The van der Waals surface area contributed by atoms with Gasteiger partial charge in [0.2, 0.25) is 11.9 Å². The van der Waals surface area contributed by atoms with E-state index in [1.165, 1.54) is 6.92 Å². The molecule has 0 saturated heterocycles. The summed E-state index contributed by atoms with van der Waals surface area (Å²) >= 11 is 0. The molecule has 0 bridgehead atoms. The normalized spacial score (nSPS) is 10.7. The molecule has 6 heteroatoms. The minimum Gasteiger partial charge on any atom is -0.508 e. The predicted octanol–water partition coefficient (Wildman–Crippen LogP) is 2.06. The van der Waals surface area contributed by atoms with Gasteiger partial charge >= 0.3 is 0 Å². The number of carbonyl (C=O) groups is 1. The Bertz CT molecular complexity index is 795. The molecule has 3 rings (SSSR count). The third-order valence-corrected chi connectivity index (χ3v) is 2.80. The highest BCUT2D eigenvalue weighted by atomic mass is 16.3. The van der Waals surface area contributed by atoms with Crippen molar-refractivity contribution in [3.63, 3.8) is 0 Å². The van der Waals surface area contributed by atoms with Crippen LogP contribution in [-0.2, 0) is 4.79 Å². The molecule has 0 saturated carbocycles. The van der Waals surface area contributed by atoms with Crippen molar-refractivity contribution in [1.82, 2.24) is 14.6 Å². The van der Waals surface area contributed by atoms with E-state index in [0.29, 0.717) is 5.65 Å². The van der Waals surface area contributed by atoms with Crippen molar-refractivity contribution in [2.75, 3.05) is 5.32 Å². The lowest BCUT2D eigenvalue weighted by Crippen LogP contribution is -2.07. The molecule has 6 nitrogen and oxygen atoms in total. The van der Waals surface area contributed by atoms with Crippen molar-refractivity contribution in [3.8, 4) is 16.9 Å². The topological polar surface area (TPSA) is 79.5 Å². The summed E-state index contributed by atoms with van der Waals surface area (Å²) < 4.78 is 1.59. The lowest BCUT2D eigenvalue weighted by molar-refractivity contribution is -0.114. The lowest BCUT2D eigenvalue weighted by Gasteiger charge is -2.02. The molecule has 0 unspecified atom stereocenters. The van der Waals surface area contributed by atoms with Crippen LogP contribution in [0, 0.1) is 0 Å². The molecule has 0 spiro atoms. The van der Waals surface area contributed by atoms with Crippen LogP contribution in [0.1, 0.15) is 6.92 Å². The quantitative estimate of drug-likeness (QED) is 0.745. The molecule has 0 aliphatic heterocycles. The van der Waals surface area contributed by atoms with Crippen LogP contribution in [0.3, 0.4) is 0 Å². The number of fused-ring (bicyclic) bond motifs is 1. The standard InChI is InChI=1S/C14H12N4O2/c1-9(19)15-14-16-13-6-5-11(8-18(13)17-14)10-3-2-4-12(20)7-10/h2-8,20H,1H3,(H,15,17,19). The molecule has 3 aromatic rings. The van der Waals surface area contributed by atoms with E-state index in [-0.39, 0.29) is 17.6 Å². The summed E-state index contributed by atoms with van der Waals surface area (Å²) in [5.41, 5.74) is 2.41. The molecule has 0 radical (unpaired) electrons. The van der Waals surface area contributed by atoms with E-state index < -0.39 is 0 Å². The average Bonchev–Trinajstić information content (AvgIpc) is 2.78. The van der Waals surface area contributed by atoms with Gasteiger partial charge in [0.1, 0.15) is 5.75 Å². The highest BCUT2D eigenvalue weighted by Gasteiger charge is 2.06. The smallest absolute Gasteiger partial charge is 0.249 e. The van der Waals surface area contributed by atoms with E-state index in [0.717, 1.165) is 11.1 Å². The molecule has 20 heavy (non-hydrogen) atoms. The highest BCUT2D eigenvalue weighted by Crippen LogP contribution is 2.23.